The van der Waals surface area contributed by atoms with Crippen LogP contribution in [0.15, 0.2) is 194 Å². The van der Waals surface area contributed by atoms with E-state index in [1.807, 2.05) is 69.9 Å². The van der Waals surface area contributed by atoms with Crippen LogP contribution >= 0.6 is 0 Å². The van der Waals surface area contributed by atoms with Gasteiger partial charge in [-0.15, -0.1) is 0 Å². The lowest BCUT2D eigenvalue weighted by atomic mass is 9.88. The number of halogens is 2. The molecule has 66 heavy (non-hydrogen) atoms. The molecule has 0 bridgehead atoms. The Balaban J connectivity index is 1.08. The van der Waals surface area contributed by atoms with Crippen molar-refractivity contribution in [3.05, 3.63) is 211 Å². The van der Waals surface area contributed by atoms with Gasteiger partial charge in [0.2, 0.25) is 11.4 Å². The molecule has 0 fully saturated rings. The Morgan fingerprint density at radius 1 is 0.500 bits per heavy atom. The molecule has 11 aromatic rings. The Labute approximate surface area is 379 Å². The minimum atomic E-state index is -0.641. The van der Waals surface area contributed by atoms with Crippen molar-refractivity contribution >= 4 is 72.4 Å². The lowest BCUT2D eigenvalue weighted by Crippen LogP contribution is -2.12. The standard InChI is InChI=1S/C58H41F2N5O/c1-58(2,3)38-26-27-61-57(30-38)65-53-21-11-7-17-48(53)49-25-24-43(35-56(49)65)66-44-33-41(32-42(34-44)64-51-19-9-5-15-46(51)47-16-6-10-20-52(47)64)62-36-63(55-23-13-12-22-54(55)62)50-18-8-4-14-45(50)37-28-39(59)31-40(60)29-37/h4-35H,1-3H3/q+2. The van der Waals surface area contributed by atoms with Crippen molar-refractivity contribution in [3.63, 3.8) is 0 Å². The molecule has 0 saturated carbocycles. The quantitative estimate of drug-likeness (QED) is 0.150. The Kier molecular flexibility index (Phi) is 8.95. The molecule has 0 amide bonds. The molecule has 0 unspecified atom stereocenters. The highest BCUT2D eigenvalue weighted by Crippen LogP contribution is 2.43. The topological polar surface area (TPSA) is 38.0 Å². The van der Waals surface area contributed by atoms with E-state index in [0.29, 0.717) is 22.6 Å². The second-order valence-corrected chi connectivity index (χ2v) is 17.8. The van der Waals surface area contributed by atoms with Crippen molar-refractivity contribution < 1.29 is 13.5 Å². The highest BCUT2D eigenvalue weighted by atomic mass is 19.1. The van der Waals surface area contributed by atoms with Gasteiger partial charge in [-0.1, -0.05) is 99.6 Å². The summed E-state index contributed by atoms with van der Waals surface area (Å²) in [6, 6.07) is 65.1. The molecule has 0 saturated heterocycles. The number of aromatic nitrogens is 3. The third-order valence-corrected chi connectivity index (χ3v) is 12.6. The second kappa shape index (κ2) is 15.1. The van der Waals surface area contributed by atoms with Crippen LogP contribution in [0.3, 0.4) is 0 Å². The summed E-state index contributed by atoms with van der Waals surface area (Å²) in [4.78, 5) is 4.90. The molecule has 3 aromatic heterocycles. The molecule has 4 heterocycles. The average molecular weight is 862 g/mol. The number of fused-ring (bicyclic) bond motifs is 7. The van der Waals surface area contributed by atoms with E-state index in [9.17, 15) is 8.78 Å². The maximum Gasteiger partial charge on any atom is 0.503 e. The van der Waals surface area contributed by atoms with E-state index >= 15 is 0 Å². The van der Waals surface area contributed by atoms with Crippen molar-refractivity contribution in [1.82, 2.24) is 23.3 Å². The summed E-state index contributed by atoms with van der Waals surface area (Å²) in [5.41, 5.74) is 10.5. The SMILES string of the molecule is CC(C)(C)c1ccnc(-n2c3ccccc3c3ccc(Oc4cc(-n5c6ccccc6c6ccccc65)cc([N+]5=C=[N+](c6ccccc6-c6cc(F)cc(F)c6)c6ccccc65)c4)cc32)c1. The van der Waals surface area contributed by atoms with Crippen LogP contribution in [0.5, 0.6) is 11.5 Å². The van der Waals surface area contributed by atoms with Crippen LogP contribution in [-0.4, -0.2) is 20.1 Å². The van der Waals surface area contributed by atoms with E-state index in [2.05, 4.69) is 151 Å². The number of para-hydroxylation sites is 6. The van der Waals surface area contributed by atoms with Gasteiger partial charge in [0.1, 0.15) is 29.0 Å². The monoisotopic (exact) mass is 861 g/mol. The van der Waals surface area contributed by atoms with Crippen LogP contribution in [0.1, 0.15) is 26.3 Å². The first-order valence-corrected chi connectivity index (χ1v) is 22.0. The molecule has 6 nitrogen and oxygen atoms in total. The van der Waals surface area contributed by atoms with Gasteiger partial charge in [0.05, 0.1) is 39.4 Å². The number of hydrogen-bond donors (Lipinski definition) is 0. The van der Waals surface area contributed by atoms with Crippen molar-refractivity contribution in [2.24, 2.45) is 0 Å². The number of nitrogens with zero attached hydrogens (tertiary/aromatic N) is 5. The number of ether oxygens (including phenoxy) is 1. The minimum absolute atomic E-state index is 0.0599. The molecule has 0 aliphatic carbocycles. The van der Waals surface area contributed by atoms with Gasteiger partial charge < -0.3 is 9.30 Å². The first kappa shape index (κ1) is 39.2. The van der Waals surface area contributed by atoms with E-state index in [4.69, 9.17) is 9.72 Å². The summed E-state index contributed by atoms with van der Waals surface area (Å²) in [6.45, 7) is 6.65. The van der Waals surface area contributed by atoms with E-state index in [0.717, 1.165) is 83.9 Å². The van der Waals surface area contributed by atoms with Gasteiger partial charge in [-0.3, -0.25) is 4.57 Å². The molecule has 8 heteroatoms. The Morgan fingerprint density at radius 2 is 1.08 bits per heavy atom. The van der Waals surface area contributed by atoms with Gasteiger partial charge in [-0.05, 0) is 86.4 Å². The molecule has 0 spiro atoms. The minimum Gasteiger partial charge on any atom is -0.457 e. The fourth-order valence-corrected chi connectivity index (χ4v) is 9.54. The smallest absolute Gasteiger partial charge is 0.457 e. The van der Waals surface area contributed by atoms with Crippen LogP contribution in [0, 0.1) is 11.6 Å². The van der Waals surface area contributed by atoms with Crippen LogP contribution < -0.4 is 13.9 Å². The summed E-state index contributed by atoms with van der Waals surface area (Å²) in [5, 5.41) is 4.51. The molecule has 1 aliphatic heterocycles. The highest BCUT2D eigenvalue weighted by Gasteiger charge is 2.38. The zero-order chi connectivity index (χ0) is 44.7. The molecule has 0 N–H and O–H groups in total. The second-order valence-electron chi connectivity index (χ2n) is 17.8. The Bertz CT molecular complexity index is 3790. The van der Waals surface area contributed by atoms with E-state index in [1.54, 1.807) is 0 Å². The summed E-state index contributed by atoms with van der Waals surface area (Å²) in [5.74, 6) is 0.841. The lowest BCUT2D eigenvalue weighted by Gasteiger charge is -2.20. The van der Waals surface area contributed by atoms with E-state index < -0.39 is 11.6 Å². The zero-order valence-corrected chi connectivity index (χ0v) is 36.4. The Hall–Kier alpha value is -8.45. The predicted molar refractivity (Wildman–Crippen MR) is 264 cm³/mol. The number of benzene rings is 8. The summed E-state index contributed by atoms with van der Waals surface area (Å²) in [7, 11) is 0. The predicted octanol–water partition coefficient (Wildman–Crippen LogP) is 15.2. The first-order chi connectivity index (χ1) is 32.2. The lowest BCUT2D eigenvalue weighted by molar-refractivity contribution is 0.483. The third-order valence-electron chi connectivity index (χ3n) is 12.6. The van der Waals surface area contributed by atoms with Gasteiger partial charge in [0.15, 0.2) is 0 Å². The number of pyridine rings is 1. The van der Waals surface area contributed by atoms with Crippen LogP contribution in [-0.2, 0) is 5.41 Å². The summed E-state index contributed by atoms with van der Waals surface area (Å²) < 4.78 is 44.9. The fourth-order valence-electron chi connectivity index (χ4n) is 9.54. The van der Waals surface area contributed by atoms with Crippen molar-refractivity contribution in [2.45, 2.75) is 26.2 Å². The number of hydrogen-bond acceptors (Lipinski definition) is 2. The maximum atomic E-state index is 14.7. The van der Waals surface area contributed by atoms with Crippen LogP contribution in [0.4, 0.5) is 31.5 Å². The van der Waals surface area contributed by atoms with Crippen LogP contribution in [0.2, 0.25) is 0 Å². The summed E-state index contributed by atoms with van der Waals surface area (Å²) >= 11 is 0. The first-order valence-electron chi connectivity index (χ1n) is 22.0. The van der Waals surface area contributed by atoms with Gasteiger partial charge in [0, 0.05) is 70.2 Å². The van der Waals surface area contributed by atoms with Gasteiger partial charge in [-0.25, -0.2) is 13.8 Å². The van der Waals surface area contributed by atoms with Crippen molar-refractivity contribution in [1.29, 1.82) is 0 Å². The molecule has 12 rings (SSSR count). The fraction of sp³-hybridized carbons (Fsp3) is 0.0690. The molecular weight excluding hydrogens is 821 g/mol. The maximum absolute atomic E-state index is 14.7. The van der Waals surface area contributed by atoms with Gasteiger partial charge >= 0.3 is 6.01 Å². The van der Waals surface area contributed by atoms with Crippen LogP contribution in [0.25, 0.3) is 66.2 Å². The number of rotatable bonds is 7. The molecule has 0 atom stereocenters. The highest BCUT2D eigenvalue weighted by molar-refractivity contribution is 6.10. The zero-order valence-electron chi connectivity index (χ0n) is 36.4. The van der Waals surface area contributed by atoms with E-state index in [-0.39, 0.29) is 5.41 Å². The normalized spacial score (nSPS) is 12.6. The van der Waals surface area contributed by atoms with Gasteiger partial charge in [0.25, 0.3) is 11.4 Å². The average Bonchev–Trinajstić information content (AvgIpc) is 3.99. The molecular formula is C58H41F2N5O+2. The molecule has 8 aromatic carbocycles. The van der Waals surface area contributed by atoms with E-state index in [1.165, 1.54) is 17.7 Å². The molecule has 1 aliphatic rings. The Morgan fingerprint density at radius 3 is 1.74 bits per heavy atom. The molecule has 0 radical (unpaired) electrons. The van der Waals surface area contributed by atoms with Crippen molar-refractivity contribution in [2.75, 3.05) is 0 Å². The largest absolute Gasteiger partial charge is 0.503 e. The third kappa shape index (κ3) is 6.49. The van der Waals surface area contributed by atoms with Gasteiger partial charge in [-0.2, -0.15) is 0 Å². The van der Waals surface area contributed by atoms with Crippen molar-refractivity contribution in [3.8, 4) is 34.1 Å². The molecule has 316 valence electrons. The summed E-state index contributed by atoms with van der Waals surface area (Å²) in [6.07, 6.45) is 1.89.